The highest BCUT2D eigenvalue weighted by Crippen LogP contribution is 2.46. The summed E-state index contributed by atoms with van der Waals surface area (Å²) in [5.74, 6) is 1.13. The van der Waals surface area contributed by atoms with E-state index in [2.05, 4.69) is 17.2 Å². The minimum atomic E-state index is -0.254. The van der Waals surface area contributed by atoms with Crippen LogP contribution in [-0.2, 0) is 0 Å². The first-order valence-electron chi connectivity index (χ1n) is 5.00. The Kier molecular flexibility index (Phi) is 2.50. The van der Waals surface area contributed by atoms with Gasteiger partial charge in [0, 0.05) is 12.2 Å². The van der Waals surface area contributed by atoms with Crippen LogP contribution in [0.25, 0.3) is 0 Å². The molecule has 3 heteroatoms. The molecule has 1 aliphatic carbocycles. The second-order valence-corrected chi connectivity index (χ2v) is 4.08. The van der Waals surface area contributed by atoms with Gasteiger partial charge in [-0.25, -0.2) is 4.39 Å². The molecule has 0 spiro atoms. The fourth-order valence-corrected chi connectivity index (χ4v) is 2.04. The monoisotopic (exact) mass is 194 g/mol. The first kappa shape index (κ1) is 9.59. The number of aromatic nitrogens is 1. The van der Waals surface area contributed by atoms with E-state index in [0.717, 1.165) is 11.5 Å². The van der Waals surface area contributed by atoms with Gasteiger partial charge in [0.05, 0.1) is 6.20 Å². The molecule has 0 aromatic carbocycles. The summed E-state index contributed by atoms with van der Waals surface area (Å²) in [4.78, 5) is 3.87. The summed E-state index contributed by atoms with van der Waals surface area (Å²) in [6.07, 6.45) is 4.21. The second kappa shape index (κ2) is 3.65. The summed E-state index contributed by atoms with van der Waals surface area (Å²) in [7, 11) is 1.92. The molecular formula is C11H15FN2. The van der Waals surface area contributed by atoms with Crippen molar-refractivity contribution >= 4 is 0 Å². The van der Waals surface area contributed by atoms with E-state index in [0.29, 0.717) is 5.92 Å². The lowest BCUT2D eigenvalue weighted by molar-refractivity contribution is 0.497. The molecule has 3 unspecified atom stereocenters. The average Bonchev–Trinajstić information content (AvgIpc) is 2.84. The molecule has 1 aromatic rings. The van der Waals surface area contributed by atoms with Crippen LogP contribution in [0.15, 0.2) is 18.5 Å². The van der Waals surface area contributed by atoms with Crippen LogP contribution in [0.1, 0.15) is 24.9 Å². The van der Waals surface area contributed by atoms with Crippen LogP contribution >= 0.6 is 0 Å². The molecule has 0 saturated heterocycles. The summed E-state index contributed by atoms with van der Waals surface area (Å²) in [5.41, 5.74) is 0.960. The Bertz CT molecular complexity index is 327. The zero-order chi connectivity index (χ0) is 10.1. The lowest BCUT2D eigenvalue weighted by Crippen LogP contribution is -2.19. The van der Waals surface area contributed by atoms with Gasteiger partial charge in [0.2, 0.25) is 0 Å². The number of nitrogens with zero attached hydrogens (tertiary/aromatic N) is 1. The molecule has 0 aliphatic heterocycles. The first-order chi connectivity index (χ1) is 6.72. The number of hydrogen-bond acceptors (Lipinski definition) is 2. The van der Waals surface area contributed by atoms with Crippen molar-refractivity contribution in [2.75, 3.05) is 7.05 Å². The van der Waals surface area contributed by atoms with E-state index < -0.39 is 0 Å². The van der Waals surface area contributed by atoms with Gasteiger partial charge in [0.25, 0.3) is 0 Å². The summed E-state index contributed by atoms with van der Waals surface area (Å²) in [6, 6.07) is 1.83. The minimum absolute atomic E-state index is 0.254. The summed E-state index contributed by atoms with van der Waals surface area (Å²) in [6.45, 7) is 2.22. The quantitative estimate of drug-likeness (QED) is 0.797. The topological polar surface area (TPSA) is 24.9 Å². The Morgan fingerprint density at radius 1 is 1.57 bits per heavy atom. The third-order valence-corrected chi connectivity index (χ3v) is 3.00. The van der Waals surface area contributed by atoms with Gasteiger partial charge in [0.1, 0.15) is 5.82 Å². The van der Waals surface area contributed by atoms with Crippen LogP contribution in [0.3, 0.4) is 0 Å². The number of pyridine rings is 1. The van der Waals surface area contributed by atoms with E-state index in [1.54, 1.807) is 12.3 Å². The van der Waals surface area contributed by atoms with Gasteiger partial charge < -0.3 is 5.32 Å². The fraction of sp³-hybridized carbons (Fsp3) is 0.545. The number of nitrogens with one attached hydrogen (secondary N) is 1. The van der Waals surface area contributed by atoms with Crippen LogP contribution in [0.5, 0.6) is 0 Å². The van der Waals surface area contributed by atoms with Crippen molar-refractivity contribution in [3.8, 4) is 0 Å². The SMILES string of the molecule is CNC(c1cncc(F)c1)C1CC1C. The third kappa shape index (κ3) is 1.77. The standard InChI is InChI=1S/C11H15FN2/c1-7-3-10(7)11(13-2)8-4-9(12)6-14-5-8/h4-7,10-11,13H,3H2,1-2H3. The largest absolute Gasteiger partial charge is 0.313 e. The summed E-state index contributed by atoms with van der Waals surface area (Å²) < 4.78 is 13.0. The maximum atomic E-state index is 13.0. The Balaban J connectivity index is 2.19. The molecule has 2 nitrogen and oxygen atoms in total. The highest BCUT2D eigenvalue weighted by molar-refractivity contribution is 5.18. The molecule has 0 amide bonds. The molecule has 3 atom stereocenters. The van der Waals surface area contributed by atoms with Crippen molar-refractivity contribution in [1.29, 1.82) is 0 Å². The smallest absolute Gasteiger partial charge is 0.141 e. The predicted molar refractivity (Wildman–Crippen MR) is 53.3 cm³/mol. The van der Waals surface area contributed by atoms with Crippen molar-refractivity contribution in [3.05, 3.63) is 29.8 Å². The van der Waals surface area contributed by atoms with Crippen LogP contribution in [0.4, 0.5) is 4.39 Å². The summed E-state index contributed by atoms with van der Waals surface area (Å²) >= 11 is 0. The fourth-order valence-electron chi connectivity index (χ4n) is 2.04. The highest BCUT2D eigenvalue weighted by atomic mass is 19.1. The highest BCUT2D eigenvalue weighted by Gasteiger charge is 2.39. The molecule has 1 fully saturated rings. The maximum absolute atomic E-state index is 13.0. The summed E-state index contributed by atoms with van der Waals surface area (Å²) in [5, 5.41) is 3.23. The lowest BCUT2D eigenvalue weighted by atomic mass is 10.0. The van der Waals surface area contributed by atoms with Crippen LogP contribution in [0.2, 0.25) is 0 Å². The van der Waals surface area contributed by atoms with E-state index in [4.69, 9.17) is 0 Å². The normalized spacial score (nSPS) is 27.4. The van der Waals surface area contributed by atoms with E-state index in [1.807, 2.05) is 7.05 Å². The molecule has 2 rings (SSSR count). The molecule has 1 aromatic heterocycles. The van der Waals surface area contributed by atoms with Crippen molar-refractivity contribution in [1.82, 2.24) is 10.3 Å². The molecule has 0 bridgehead atoms. The van der Waals surface area contributed by atoms with E-state index in [1.165, 1.54) is 12.6 Å². The van der Waals surface area contributed by atoms with Gasteiger partial charge in [0.15, 0.2) is 0 Å². The molecule has 1 heterocycles. The molecule has 1 N–H and O–H groups in total. The van der Waals surface area contributed by atoms with Gasteiger partial charge in [-0.2, -0.15) is 0 Å². The van der Waals surface area contributed by atoms with Crippen molar-refractivity contribution in [2.24, 2.45) is 11.8 Å². The molecule has 76 valence electrons. The minimum Gasteiger partial charge on any atom is -0.313 e. The number of hydrogen-bond donors (Lipinski definition) is 1. The van der Waals surface area contributed by atoms with Crippen LogP contribution < -0.4 is 5.32 Å². The Labute approximate surface area is 83.6 Å². The Hall–Kier alpha value is -0.960. The molecule has 1 aliphatic rings. The van der Waals surface area contributed by atoms with Crippen LogP contribution in [0, 0.1) is 17.7 Å². The second-order valence-electron chi connectivity index (χ2n) is 4.08. The zero-order valence-corrected chi connectivity index (χ0v) is 8.50. The molecule has 14 heavy (non-hydrogen) atoms. The Morgan fingerprint density at radius 3 is 2.79 bits per heavy atom. The third-order valence-electron chi connectivity index (χ3n) is 3.00. The Morgan fingerprint density at radius 2 is 2.29 bits per heavy atom. The molecule has 1 saturated carbocycles. The zero-order valence-electron chi connectivity index (χ0n) is 8.50. The van der Waals surface area contributed by atoms with Crippen molar-refractivity contribution in [3.63, 3.8) is 0 Å². The molecular weight excluding hydrogens is 179 g/mol. The van der Waals surface area contributed by atoms with Crippen molar-refractivity contribution in [2.45, 2.75) is 19.4 Å². The average molecular weight is 194 g/mol. The lowest BCUT2D eigenvalue weighted by Gasteiger charge is -2.15. The van der Waals surface area contributed by atoms with E-state index in [-0.39, 0.29) is 11.9 Å². The van der Waals surface area contributed by atoms with Gasteiger partial charge >= 0.3 is 0 Å². The van der Waals surface area contributed by atoms with E-state index >= 15 is 0 Å². The van der Waals surface area contributed by atoms with Crippen molar-refractivity contribution < 1.29 is 4.39 Å². The first-order valence-corrected chi connectivity index (χ1v) is 5.00. The molecule has 0 radical (unpaired) electrons. The van der Waals surface area contributed by atoms with Gasteiger partial charge in [-0.15, -0.1) is 0 Å². The van der Waals surface area contributed by atoms with Crippen LogP contribution in [-0.4, -0.2) is 12.0 Å². The number of rotatable bonds is 3. The van der Waals surface area contributed by atoms with Gasteiger partial charge in [-0.05, 0) is 36.9 Å². The van der Waals surface area contributed by atoms with Gasteiger partial charge in [-0.1, -0.05) is 6.92 Å². The maximum Gasteiger partial charge on any atom is 0.141 e. The van der Waals surface area contributed by atoms with Gasteiger partial charge in [-0.3, -0.25) is 4.98 Å². The predicted octanol–water partition coefficient (Wildman–Crippen LogP) is 2.14. The number of halogens is 1. The van der Waals surface area contributed by atoms with E-state index in [9.17, 15) is 4.39 Å².